The molecule has 0 saturated carbocycles. The molecule has 122 valence electrons. The summed E-state index contributed by atoms with van der Waals surface area (Å²) in [6, 6.07) is 9.16. The lowest BCUT2D eigenvalue weighted by Crippen LogP contribution is -2.10. The summed E-state index contributed by atoms with van der Waals surface area (Å²) < 4.78 is 10.4. The second-order valence-electron chi connectivity index (χ2n) is 4.45. The minimum atomic E-state index is -0.523. The van der Waals surface area contributed by atoms with Gasteiger partial charge in [-0.15, -0.1) is 10.2 Å². The Morgan fingerprint density at radius 2 is 2.12 bits per heavy atom. The highest BCUT2D eigenvalue weighted by Gasteiger charge is 2.16. The minimum absolute atomic E-state index is 0.000851. The Hall–Kier alpha value is -3.27. The van der Waals surface area contributed by atoms with Crippen molar-refractivity contribution in [2.75, 3.05) is 5.32 Å². The van der Waals surface area contributed by atoms with Gasteiger partial charge in [0, 0.05) is 6.07 Å². The Kier molecular flexibility index (Phi) is 4.47. The number of benzene rings is 1. The lowest BCUT2D eigenvalue weighted by Gasteiger charge is -2.03. The molecular weight excluding hydrogens is 336 g/mol. The van der Waals surface area contributed by atoms with Gasteiger partial charge in [-0.05, 0) is 18.2 Å². The zero-order chi connectivity index (χ0) is 16.9. The van der Waals surface area contributed by atoms with Crippen LogP contribution in [0.2, 0.25) is 0 Å². The molecule has 24 heavy (non-hydrogen) atoms. The Morgan fingerprint density at radius 1 is 1.29 bits per heavy atom. The molecule has 0 unspecified atom stereocenters. The highest BCUT2D eigenvalue weighted by atomic mass is 32.1. The molecule has 0 aliphatic heterocycles. The smallest absolute Gasteiger partial charge is 0.310 e. The predicted octanol–water partition coefficient (Wildman–Crippen LogP) is 2.87. The van der Waals surface area contributed by atoms with Crippen molar-refractivity contribution in [3.63, 3.8) is 0 Å². The van der Waals surface area contributed by atoms with Crippen molar-refractivity contribution in [2.45, 2.75) is 6.61 Å². The molecule has 0 bridgehead atoms. The van der Waals surface area contributed by atoms with Crippen molar-refractivity contribution in [3.8, 4) is 5.75 Å². The lowest BCUT2D eigenvalue weighted by atomic mass is 10.3. The third-order valence-corrected chi connectivity index (χ3v) is 3.66. The summed E-state index contributed by atoms with van der Waals surface area (Å²) >= 11 is 1.10. The molecule has 3 rings (SSSR count). The summed E-state index contributed by atoms with van der Waals surface area (Å²) in [6.07, 6.45) is 1.39. The Morgan fingerprint density at radius 3 is 2.88 bits per heavy atom. The van der Waals surface area contributed by atoms with Crippen LogP contribution in [0.1, 0.15) is 15.6 Å². The van der Waals surface area contributed by atoms with Crippen molar-refractivity contribution < 1.29 is 18.9 Å². The van der Waals surface area contributed by atoms with Crippen LogP contribution in [0.4, 0.5) is 10.8 Å². The van der Waals surface area contributed by atoms with Gasteiger partial charge in [0.05, 0.1) is 11.2 Å². The van der Waals surface area contributed by atoms with E-state index in [-0.39, 0.29) is 28.9 Å². The van der Waals surface area contributed by atoms with Gasteiger partial charge >= 0.3 is 5.69 Å². The van der Waals surface area contributed by atoms with Gasteiger partial charge in [0.1, 0.15) is 6.61 Å². The molecule has 0 atom stereocenters. The molecular formula is C14H10N4O5S. The first-order valence-corrected chi connectivity index (χ1v) is 7.48. The van der Waals surface area contributed by atoms with E-state index in [0.29, 0.717) is 5.01 Å². The molecule has 1 aromatic carbocycles. The molecule has 10 heteroatoms. The zero-order valence-electron chi connectivity index (χ0n) is 12.0. The topological polar surface area (TPSA) is 120 Å². The lowest BCUT2D eigenvalue weighted by molar-refractivity contribution is -0.385. The molecule has 9 nitrogen and oxygen atoms in total. The molecule has 0 spiro atoms. The van der Waals surface area contributed by atoms with E-state index in [1.165, 1.54) is 24.5 Å². The van der Waals surface area contributed by atoms with E-state index >= 15 is 0 Å². The van der Waals surface area contributed by atoms with Gasteiger partial charge in [-0.2, -0.15) is 0 Å². The van der Waals surface area contributed by atoms with Crippen molar-refractivity contribution in [3.05, 3.63) is 63.5 Å². The van der Waals surface area contributed by atoms with Gasteiger partial charge in [-0.1, -0.05) is 23.5 Å². The van der Waals surface area contributed by atoms with Crippen molar-refractivity contribution in [1.82, 2.24) is 10.2 Å². The number of nitrogens with zero attached hydrogens (tertiary/aromatic N) is 3. The Bertz CT molecular complexity index is 862. The fourth-order valence-corrected chi connectivity index (χ4v) is 2.45. The van der Waals surface area contributed by atoms with Crippen molar-refractivity contribution >= 4 is 28.1 Å². The van der Waals surface area contributed by atoms with Gasteiger partial charge < -0.3 is 9.15 Å². The predicted molar refractivity (Wildman–Crippen MR) is 84.0 cm³/mol. The number of furan rings is 1. The molecule has 2 aromatic heterocycles. The fraction of sp³-hybridized carbons (Fsp3) is 0.0714. The summed E-state index contributed by atoms with van der Waals surface area (Å²) in [7, 11) is 0. The minimum Gasteiger partial charge on any atom is -0.479 e. The summed E-state index contributed by atoms with van der Waals surface area (Å²) in [5.74, 6) is -0.149. The van der Waals surface area contributed by atoms with E-state index in [4.69, 9.17) is 9.15 Å². The van der Waals surface area contributed by atoms with Crippen molar-refractivity contribution in [2.24, 2.45) is 0 Å². The number of nitro groups is 1. The van der Waals surface area contributed by atoms with Crippen molar-refractivity contribution in [1.29, 1.82) is 0 Å². The monoisotopic (exact) mass is 346 g/mol. The van der Waals surface area contributed by atoms with E-state index in [0.717, 1.165) is 11.3 Å². The van der Waals surface area contributed by atoms with E-state index < -0.39 is 10.8 Å². The average Bonchev–Trinajstić information content (AvgIpc) is 3.25. The number of hydrogen-bond donors (Lipinski definition) is 1. The number of amides is 1. The van der Waals surface area contributed by atoms with Crippen LogP contribution in [0.5, 0.6) is 5.75 Å². The number of hydrogen-bond acceptors (Lipinski definition) is 8. The molecule has 3 aromatic rings. The molecule has 0 aliphatic carbocycles. The van der Waals surface area contributed by atoms with E-state index in [9.17, 15) is 14.9 Å². The maximum absolute atomic E-state index is 11.8. The second-order valence-corrected chi connectivity index (χ2v) is 5.51. The molecule has 0 aliphatic rings. The average molecular weight is 346 g/mol. The van der Waals surface area contributed by atoms with E-state index in [1.807, 2.05) is 0 Å². The maximum atomic E-state index is 11.8. The van der Waals surface area contributed by atoms with E-state index in [2.05, 4.69) is 15.5 Å². The maximum Gasteiger partial charge on any atom is 0.310 e. The van der Waals surface area contributed by atoms with Crippen LogP contribution in [-0.2, 0) is 6.61 Å². The molecule has 1 amide bonds. The van der Waals surface area contributed by atoms with Crippen LogP contribution in [0, 0.1) is 10.1 Å². The Balaban J connectivity index is 1.63. The third kappa shape index (κ3) is 3.55. The number of ether oxygens (including phenoxy) is 1. The number of aromatic nitrogens is 2. The molecule has 0 radical (unpaired) electrons. The van der Waals surface area contributed by atoms with Gasteiger partial charge in [-0.3, -0.25) is 20.2 Å². The van der Waals surface area contributed by atoms with Crippen LogP contribution in [0.3, 0.4) is 0 Å². The molecule has 1 N–H and O–H groups in total. The number of nitrogens with one attached hydrogen (secondary N) is 1. The number of carbonyl (C=O) groups excluding carboxylic acids is 1. The number of nitro benzene ring substituents is 1. The van der Waals surface area contributed by atoms with Gasteiger partial charge in [0.2, 0.25) is 5.13 Å². The largest absolute Gasteiger partial charge is 0.479 e. The molecule has 0 fully saturated rings. The van der Waals surface area contributed by atoms with Crippen LogP contribution in [0.15, 0.2) is 47.1 Å². The first-order valence-electron chi connectivity index (χ1n) is 6.67. The Labute approximate surface area is 139 Å². The number of anilines is 1. The highest BCUT2D eigenvalue weighted by Crippen LogP contribution is 2.27. The normalized spacial score (nSPS) is 10.3. The number of para-hydroxylation sites is 2. The number of rotatable bonds is 6. The summed E-state index contributed by atoms with van der Waals surface area (Å²) in [5, 5.41) is 21.9. The van der Waals surface area contributed by atoms with Crippen LogP contribution in [-0.4, -0.2) is 21.0 Å². The van der Waals surface area contributed by atoms with Crippen LogP contribution < -0.4 is 10.1 Å². The van der Waals surface area contributed by atoms with Gasteiger partial charge in [0.25, 0.3) is 5.91 Å². The first kappa shape index (κ1) is 15.6. The second kappa shape index (κ2) is 6.87. The van der Waals surface area contributed by atoms with Gasteiger partial charge in [-0.25, -0.2) is 0 Å². The number of carbonyl (C=O) groups is 1. The summed E-state index contributed by atoms with van der Waals surface area (Å²) in [6.45, 7) is -0.000851. The molecule has 2 heterocycles. The SMILES string of the molecule is O=C(Nc1nnc(COc2ccccc2[N+](=O)[O-])s1)c1ccco1. The third-order valence-electron chi connectivity index (χ3n) is 2.85. The quantitative estimate of drug-likeness (QED) is 0.538. The van der Waals surface area contributed by atoms with Crippen LogP contribution in [0.25, 0.3) is 0 Å². The van der Waals surface area contributed by atoms with Crippen LogP contribution >= 0.6 is 11.3 Å². The fourth-order valence-electron chi connectivity index (χ4n) is 1.80. The van der Waals surface area contributed by atoms with E-state index in [1.54, 1.807) is 18.2 Å². The standard InChI is InChI=1S/C14H10N4O5S/c19-13(11-6-3-7-22-11)15-14-17-16-12(24-14)8-23-10-5-2-1-4-9(10)18(20)21/h1-7H,8H2,(H,15,17,19). The molecule has 0 saturated heterocycles. The zero-order valence-corrected chi connectivity index (χ0v) is 12.9. The summed E-state index contributed by atoms with van der Waals surface area (Å²) in [5.41, 5.74) is -0.131. The highest BCUT2D eigenvalue weighted by molar-refractivity contribution is 7.15. The van der Waals surface area contributed by atoms with Gasteiger partial charge in [0.15, 0.2) is 16.5 Å². The first-order chi connectivity index (χ1) is 11.6. The summed E-state index contributed by atoms with van der Waals surface area (Å²) in [4.78, 5) is 22.2.